The fourth-order valence-corrected chi connectivity index (χ4v) is 3.61. The van der Waals surface area contributed by atoms with Crippen molar-refractivity contribution < 1.29 is 66.7 Å². The summed E-state index contributed by atoms with van der Waals surface area (Å²) in [5.74, 6) is -8.11. The molecule has 4 nitrogen and oxygen atoms in total. The Morgan fingerprint density at radius 3 is 1.93 bits per heavy atom. The van der Waals surface area contributed by atoms with Crippen LogP contribution in [0.5, 0.6) is 0 Å². The molecule has 0 radical (unpaired) electrons. The number of alkyl halides is 12. The zero-order valence-electron chi connectivity index (χ0n) is 20.5. The van der Waals surface area contributed by atoms with Crippen molar-refractivity contribution in [2.24, 2.45) is 0 Å². The molecular weight excluding hydrogens is 631 g/mol. The molecule has 0 bridgehead atoms. The van der Waals surface area contributed by atoms with Gasteiger partial charge in [-0.1, -0.05) is 23.7 Å². The Morgan fingerprint density at radius 2 is 1.43 bits per heavy atom. The van der Waals surface area contributed by atoms with Crippen molar-refractivity contribution in [1.82, 2.24) is 10.6 Å². The number of hydrogen-bond acceptors (Lipinski definition) is 2. The fourth-order valence-electron chi connectivity index (χ4n) is 3.38. The van der Waals surface area contributed by atoms with Crippen LogP contribution in [0, 0.1) is 0 Å². The van der Waals surface area contributed by atoms with Gasteiger partial charge in [-0.2, -0.15) is 52.7 Å². The van der Waals surface area contributed by atoms with Crippen LogP contribution in [0.3, 0.4) is 0 Å². The van der Waals surface area contributed by atoms with Crippen molar-refractivity contribution in [2.45, 2.75) is 43.6 Å². The molecule has 0 aliphatic carbocycles. The van der Waals surface area contributed by atoms with E-state index in [2.05, 4.69) is 0 Å². The van der Waals surface area contributed by atoms with Crippen LogP contribution < -0.4 is 10.6 Å². The Labute approximate surface area is 232 Å². The second-order valence-corrected chi connectivity index (χ2v) is 8.96. The first-order valence-corrected chi connectivity index (χ1v) is 11.5. The van der Waals surface area contributed by atoms with Crippen LogP contribution in [0.2, 0.25) is 5.02 Å². The van der Waals surface area contributed by atoms with Crippen LogP contribution in [0.25, 0.3) is 5.83 Å². The van der Waals surface area contributed by atoms with Crippen molar-refractivity contribution in [3.8, 4) is 0 Å². The van der Waals surface area contributed by atoms with Crippen LogP contribution in [0.15, 0.2) is 42.5 Å². The number of rotatable bonds is 7. The molecule has 0 aliphatic heterocycles. The SMILES string of the molecule is C[C@@H](NC(=O)c1ccc(/C(F)=C/C(c2ccc(Cl)c(C(F)(F)F)c2)C(F)(F)F)cc1C(F)(F)F)C(=O)NCC(F)(F)F. The van der Waals surface area contributed by atoms with Crippen LogP contribution in [-0.2, 0) is 17.1 Å². The third kappa shape index (κ3) is 9.25. The second-order valence-electron chi connectivity index (χ2n) is 8.56. The molecule has 1 unspecified atom stereocenters. The predicted molar refractivity (Wildman–Crippen MR) is 122 cm³/mol. The first-order chi connectivity index (χ1) is 18.9. The van der Waals surface area contributed by atoms with E-state index in [1.165, 1.54) is 5.32 Å². The molecule has 0 aliphatic rings. The molecule has 2 aromatic carbocycles. The Kier molecular flexibility index (Phi) is 10.2. The van der Waals surface area contributed by atoms with Crippen molar-refractivity contribution in [3.05, 3.63) is 75.3 Å². The summed E-state index contributed by atoms with van der Waals surface area (Å²) in [6, 6.07) is -0.0829. The molecule has 232 valence electrons. The third-order valence-corrected chi connectivity index (χ3v) is 5.70. The zero-order chi connectivity index (χ0) is 32.4. The van der Waals surface area contributed by atoms with Crippen LogP contribution in [0.4, 0.5) is 57.1 Å². The van der Waals surface area contributed by atoms with Gasteiger partial charge in [-0.05, 0) is 42.8 Å². The number of amides is 2. The maximum Gasteiger partial charge on any atom is 0.417 e. The Morgan fingerprint density at radius 1 is 0.857 bits per heavy atom. The molecule has 0 fully saturated rings. The van der Waals surface area contributed by atoms with E-state index in [9.17, 15) is 66.7 Å². The van der Waals surface area contributed by atoms with Gasteiger partial charge in [0, 0.05) is 5.56 Å². The van der Waals surface area contributed by atoms with Crippen molar-refractivity contribution in [1.29, 1.82) is 0 Å². The molecule has 0 aromatic heterocycles. The van der Waals surface area contributed by atoms with E-state index < -0.39 is 93.7 Å². The quantitative estimate of drug-likeness (QED) is 0.302. The predicted octanol–water partition coefficient (Wildman–Crippen LogP) is 7.83. The summed E-state index contributed by atoms with van der Waals surface area (Å²) >= 11 is 5.39. The van der Waals surface area contributed by atoms with Gasteiger partial charge in [0.15, 0.2) is 0 Å². The number of carbonyl (C=O) groups is 2. The van der Waals surface area contributed by atoms with Gasteiger partial charge in [-0.15, -0.1) is 0 Å². The summed E-state index contributed by atoms with van der Waals surface area (Å²) < 4.78 is 173. The molecule has 0 saturated heterocycles. The minimum Gasteiger partial charge on any atom is -0.345 e. The summed E-state index contributed by atoms with van der Waals surface area (Å²) in [7, 11) is 0. The minimum absolute atomic E-state index is 0.00484. The molecule has 0 spiro atoms. The van der Waals surface area contributed by atoms with Gasteiger partial charge in [0.2, 0.25) is 5.91 Å². The van der Waals surface area contributed by atoms with E-state index in [-0.39, 0.29) is 18.2 Å². The summed E-state index contributed by atoms with van der Waals surface area (Å²) in [4.78, 5) is 24.1. The van der Waals surface area contributed by atoms with E-state index in [0.717, 1.165) is 6.92 Å². The third-order valence-electron chi connectivity index (χ3n) is 5.37. The molecule has 18 heteroatoms. The van der Waals surface area contributed by atoms with Gasteiger partial charge >= 0.3 is 24.7 Å². The summed E-state index contributed by atoms with van der Waals surface area (Å²) in [5.41, 5.74) is -7.15. The molecule has 2 rings (SSSR count). The Hall–Kier alpha value is -3.50. The fraction of sp³-hybridized carbons (Fsp3) is 0.333. The number of carbonyl (C=O) groups excluding carboxylic acids is 2. The number of benzene rings is 2. The largest absolute Gasteiger partial charge is 0.417 e. The zero-order valence-corrected chi connectivity index (χ0v) is 21.3. The van der Waals surface area contributed by atoms with E-state index in [0.29, 0.717) is 24.3 Å². The average Bonchev–Trinajstić information content (AvgIpc) is 2.83. The van der Waals surface area contributed by atoms with E-state index in [4.69, 9.17) is 11.6 Å². The normalized spacial score (nSPS) is 14.8. The van der Waals surface area contributed by atoms with Gasteiger partial charge < -0.3 is 10.6 Å². The summed E-state index contributed by atoms with van der Waals surface area (Å²) in [6.07, 6.45) is -21.2. The number of halogens is 14. The standard InChI is InChI=1S/C24H16ClF13N2O2/c1-10(19(41)39-9-21(27,28)29)40-20(42)13-4-2-12(7-15(13)23(33,34)35)18(26)8-14(22(30,31)32)11-3-5-17(25)16(6-11)24(36,37)38/h2-8,10,14H,9H2,1H3,(H,39,41)(H,40,42)/b18-8-/t10-,14?/m1/s1. The lowest BCUT2D eigenvalue weighted by Gasteiger charge is -2.20. The highest BCUT2D eigenvalue weighted by Gasteiger charge is 2.42. The number of allylic oxidation sites excluding steroid dienone is 1. The van der Waals surface area contributed by atoms with E-state index in [1.807, 2.05) is 0 Å². The van der Waals surface area contributed by atoms with Gasteiger partial charge in [0.25, 0.3) is 5.91 Å². The van der Waals surface area contributed by atoms with Gasteiger partial charge in [0.1, 0.15) is 24.3 Å². The number of nitrogens with one attached hydrogen (secondary N) is 2. The number of hydrogen-bond donors (Lipinski definition) is 2. The lowest BCUT2D eigenvalue weighted by atomic mass is 9.94. The van der Waals surface area contributed by atoms with Crippen LogP contribution >= 0.6 is 11.6 Å². The van der Waals surface area contributed by atoms with E-state index in [1.54, 1.807) is 5.32 Å². The lowest BCUT2D eigenvalue weighted by molar-refractivity contribution is -0.142. The molecular formula is C24H16ClF13N2O2. The first kappa shape index (κ1) is 34.7. The summed E-state index contributed by atoms with van der Waals surface area (Å²) in [5, 5.41) is 2.13. The van der Waals surface area contributed by atoms with Crippen molar-refractivity contribution >= 4 is 29.2 Å². The molecule has 0 saturated carbocycles. The highest BCUT2D eigenvalue weighted by Crippen LogP contribution is 2.43. The van der Waals surface area contributed by atoms with Crippen LogP contribution in [-0.4, -0.2) is 36.8 Å². The minimum atomic E-state index is -5.44. The van der Waals surface area contributed by atoms with E-state index >= 15 is 0 Å². The Balaban J connectivity index is 2.48. The van der Waals surface area contributed by atoms with Gasteiger partial charge in [-0.25, -0.2) is 4.39 Å². The Bertz CT molecular complexity index is 1350. The molecule has 2 atom stereocenters. The van der Waals surface area contributed by atoms with Crippen molar-refractivity contribution in [3.63, 3.8) is 0 Å². The lowest BCUT2D eigenvalue weighted by Crippen LogP contribution is -2.47. The van der Waals surface area contributed by atoms with Gasteiger partial charge in [-0.3, -0.25) is 9.59 Å². The molecule has 2 aromatic rings. The molecule has 2 N–H and O–H groups in total. The maximum atomic E-state index is 14.9. The average molecular weight is 647 g/mol. The second kappa shape index (κ2) is 12.4. The van der Waals surface area contributed by atoms with Crippen LogP contribution in [0.1, 0.15) is 45.5 Å². The van der Waals surface area contributed by atoms with Gasteiger partial charge in [0.05, 0.1) is 21.7 Å². The molecule has 42 heavy (non-hydrogen) atoms. The highest BCUT2D eigenvalue weighted by molar-refractivity contribution is 6.31. The molecule has 2 amide bonds. The topological polar surface area (TPSA) is 58.2 Å². The highest BCUT2D eigenvalue weighted by atomic mass is 35.5. The van der Waals surface area contributed by atoms with Crippen molar-refractivity contribution in [2.75, 3.05) is 6.54 Å². The first-order valence-electron chi connectivity index (χ1n) is 11.1. The monoisotopic (exact) mass is 646 g/mol. The smallest absolute Gasteiger partial charge is 0.345 e. The summed E-state index contributed by atoms with van der Waals surface area (Å²) in [6.45, 7) is -0.974. The molecule has 0 heterocycles. The maximum absolute atomic E-state index is 14.9.